The largest absolute Gasteiger partial charge is 0.398 e. The van der Waals surface area contributed by atoms with E-state index in [-0.39, 0.29) is 5.91 Å². The summed E-state index contributed by atoms with van der Waals surface area (Å²) in [6, 6.07) is 7.60. The standard InChI is InChI=1S/C15H14BrFN2O/c1-8-5-9(2)13(18)7-11(8)15(20)19-14-6-10(17)3-4-12(14)16/h3-7H,18H2,1-2H3,(H,19,20). The van der Waals surface area contributed by atoms with Crippen molar-refractivity contribution in [2.75, 3.05) is 11.1 Å². The number of amides is 1. The fraction of sp³-hybridized carbons (Fsp3) is 0.133. The molecule has 5 heteroatoms. The van der Waals surface area contributed by atoms with Gasteiger partial charge >= 0.3 is 0 Å². The molecule has 2 aromatic rings. The minimum Gasteiger partial charge on any atom is -0.398 e. The number of nitrogens with two attached hydrogens (primary N) is 1. The number of hydrogen-bond donors (Lipinski definition) is 2. The first-order valence-corrected chi connectivity index (χ1v) is 6.81. The van der Waals surface area contributed by atoms with Crippen LogP contribution in [0.15, 0.2) is 34.8 Å². The van der Waals surface area contributed by atoms with Crippen LogP contribution in [-0.4, -0.2) is 5.91 Å². The summed E-state index contributed by atoms with van der Waals surface area (Å²) in [5.74, 6) is -0.732. The van der Waals surface area contributed by atoms with Crippen LogP contribution in [0.5, 0.6) is 0 Å². The molecule has 3 N–H and O–H groups in total. The normalized spacial score (nSPS) is 10.4. The lowest BCUT2D eigenvalue weighted by molar-refractivity contribution is 0.102. The lowest BCUT2D eigenvalue weighted by Crippen LogP contribution is -2.14. The van der Waals surface area contributed by atoms with Gasteiger partial charge in [0.2, 0.25) is 0 Å². The van der Waals surface area contributed by atoms with Crippen molar-refractivity contribution in [1.29, 1.82) is 0 Å². The van der Waals surface area contributed by atoms with E-state index in [1.165, 1.54) is 12.1 Å². The van der Waals surface area contributed by atoms with Crippen molar-refractivity contribution in [3.8, 4) is 0 Å². The van der Waals surface area contributed by atoms with E-state index in [0.29, 0.717) is 21.4 Å². The second kappa shape index (κ2) is 5.63. The van der Waals surface area contributed by atoms with E-state index in [1.807, 2.05) is 19.9 Å². The Morgan fingerprint density at radius 1 is 1.20 bits per heavy atom. The third-order valence-electron chi connectivity index (χ3n) is 3.03. The van der Waals surface area contributed by atoms with Crippen LogP contribution in [0.2, 0.25) is 0 Å². The van der Waals surface area contributed by atoms with E-state index in [0.717, 1.165) is 11.1 Å². The van der Waals surface area contributed by atoms with Crippen LogP contribution in [0, 0.1) is 19.7 Å². The highest BCUT2D eigenvalue weighted by Crippen LogP contribution is 2.25. The quantitative estimate of drug-likeness (QED) is 0.813. The topological polar surface area (TPSA) is 55.1 Å². The SMILES string of the molecule is Cc1cc(C)c(C(=O)Nc2cc(F)ccc2Br)cc1N. The predicted octanol–water partition coefficient (Wildman–Crippen LogP) is 4.04. The zero-order valence-corrected chi connectivity index (χ0v) is 12.7. The maximum atomic E-state index is 13.2. The molecule has 0 radical (unpaired) electrons. The van der Waals surface area contributed by atoms with Gasteiger partial charge in [0.05, 0.1) is 5.69 Å². The number of benzene rings is 2. The predicted molar refractivity (Wildman–Crippen MR) is 82.4 cm³/mol. The van der Waals surface area contributed by atoms with Gasteiger partial charge in [-0.25, -0.2) is 4.39 Å². The third kappa shape index (κ3) is 2.99. The van der Waals surface area contributed by atoms with Gasteiger partial charge in [-0.15, -0.1) is 0 Å². The molecule has 1 amide bonds. The molecule has 0 aliphatic carbocycles. The molecular weight excluding hydrogens is 323 g/mol. The maximum absolute atomic E-state index is 13.2. The molecule has 0 heterocycles. The number of hydrogen-bond acceptors (Lipinski definition) is 2. The summed E-state index contributed by atoms with van der Waals surface area (Å²) in [6.45, 7) is 3.72. The highest BCUT2D eigenvalue weighted by atomic mass is 79.9. The number of rotatable bonds is 2. The van der Waals surface area contributed by atoms with E-state index in [1.54, 1.807) is 12.1 Å². The van der Waals surface area contributed by atoms with Gasteiger partial charge in [-0.1, -0.05) is 6.07 Å². The molecule has 104 valence electrons. The Bertz CT molecular complexity index is 686. The number of carbonyl (C=O) groups is 1. The average molecular weight is 337 g/mol. The number of nitrogens with one attached hydrogen (secondary N) is 1. The summed E-state index contributed by atoms with van der Waals surface area (Å²) in [4.78, 5) is 12.3. The lowest BCUT2D eigenvalue weighted by atomic mass is 10.0. The molecule has 0 aliphatic rings. The first-order valence-electron chi connectivity index (χ1n) is 6.01. The number of anilines is 2. The molecule has 0 aromatic heterocycles. The highest BCUT2D eigenvalue weighted by Gasteiger charge is 2.13. The monoisotopic (exact) mass is 336 g/mol. The summed E-state index contributed by atoms with van der Waals surface area (Å²) >= 11 is 3.27. The van der Waals surface area contributed by atoms with Crippen molar-refractivity contribution in [2.24, 2.45) is 0 Å². The molecule has 0 unspecified atom stereocenters. The first kappa shape index (κ1) is 14.5. The third-order valence-corrected chi connectivity index (χ3v) is 3.73. The molecule has 0 atom stereocenters. The van der Waals surface area contributed by atoms with Crippen molar-refractivity contribution in [2.45, 2.75) is 13.8 Å². The minimum absolute atomic E-state index is 0.319. The van der Waals surface area contributed by atoms with Gasteiger partial charge in [-0.05, 0) is 65.2 Å². The Kier molecular flexibility index (Phi) is 4.09. The van der Waals surface area contributed by atoms with Crippen molar-refractivity contribution in [3.05, 3.63) is 57.3 Å². The van der Waals surface area contributed by atoms with Crippen molar-refractivity contribution >= 4 is 33.2 Å². The van der Waals surface area contributed by atoms with E-state index < -0.39 is 5.82 Å². The lowest BCUT2D eigenvalue weighted by Gasteiger charge is -2.11. The molecule has 0 bridgehead atoms. The molecular formula is C15H14BrFN2O. The first-order chi connectivity index (χ1) is 9.38. The summed E-state index contributed by atoms with van der Waals surface area (Å²) in [5, 5.41) is 2.67. The van der Waals surface area contributed by atoms with Gasteiger partial charge in [0.1, 0.15) is 5.82 Å². The molecule has 20 heavy (non-hydrogen) atoms. The Morgan fingerprint density at radius 3 is 2.60 bits per heavy atom. The second-order valence-electron chi connectivity index (χ2n) is 4.60. The second-order valence-corrected chi connectivity index (χ2v) is 5.46. The van der Waals surface area contributed by atoms with Gasteiger partial charge in [0.25, 0.3) is 5.91 Å². The van der Waals surface area contributed by atoms with Crippen LogP contribution in [-0.2, 0) is 0 Å². The maximum Gasteiger partial charge on any atom is 0.256 e. The van der Waals surface area contributed by atoms with Gasteiger partial charge in [0.15, 0.2) is 0 Å². The molecule has 0 saturated heterocycles. The molecule has 0 fully saturated rings. The number of nitrogen functional groups attached to an aromatic ring is 1. The number of aryl methyl sites for hydroxylation is 2. The van der Waals surface area contributed by atoms with E-state index >= 15 is 0 Å². The van der Waals surface area contributed by atoms with Crippen LogP contribution in [0.4, 0.5) is 15.8 Å². The van der Waals surface area contributed by atoms with Gasteiger partial charge < -0.3 is 11.1 Å². The van der Waals surface area contributed by atoms with Crippen molar-refractivity contribution < 1.29 is 9.18 Å². The van der Waals surface area contributed by atoms with Crippen LogP contribution in [0.25, 0.3) is 0 Å². The zero-order valence-electron chi connectivity index (χ0n) is 11.1. The zero-order chi connectivity index (χ0) is 14.9. The molecule has 2 aromatic carbocycles. The van der Waals surface area contributed by atoms with Crippen LogP contribution in [0.1, 0.15) is 21.5 Å². The Morgan fingerprint density at radius 2 is 1.90 bits per heavy atom. The Balaban J connectivity index is 2.33. The Labute approximate surface area is 125 Å². The summed E-state index contributed by atoms with van der Waals surface area (Å²) in [6.07, 6.45) is 0. The fourth-order valence-corrected chi connectivity index (χ4v) is 2.24. The van der Waals surface area contributed by atoms with Crippen LogP contribution in [0.3, 0.4) is 0 Å². The Hall–Kier alpha value is -1.88. The highest BCUT2D eigenvalue weighted by molar-refractivity contribution is 9.10. The van der Waals surface area contributed by atoms with Crippen molar-refractivity contribution in [3.63, 3.8) is 0 Å². The number of halogens is 2. The molecule has 0 aliphatic heterocycles. The van der Waals surface area contributed by atoms with Gasteiger partial charge in [0, 0.05) is 15.7 Å². The molecule has 3 nitrogen and oxygen atoms in total. The van der Waals surface area contributed by atoms with Crippen LogP contribution >= 0.6 is 15.9 Å². The smallest absolute Gasteiger partial charge is 0.256 e. The van der Waals surface area contributed by atoms with E-state index in [4.69, 9.17) is 5.73 Å². The van der Waals surface area contributed by atoms with Gasteiger partial charge in [-0.3, -0.25) is 4.79 Å². The van der Waals surface area contributed by atoms with Crippen molar-refractivity contribution in [1.82, 2.24) is 0 Å². The van der Waals surface area contributed by atoms with E-state index in [2.05, 4.69) is 21.2 Å². The minimum atomic E-state index is -0.413. The van der Waals surface area contributed by atoms with Gasteiger partial charge in [-0.2, -0.15) is 0 Å². The summed E-state index contributed by atoms with van der Waals surface area (Å²) < 4.78 is 13.8. The molecule has 0 spiro atoms. The molecule has 2 rings (SSSR count). The number of carbonyl (C=O) groups excluding carboxylic acids is 1. The summed E-state index contributed by atoms with van der Waals surface area (Å²) in [5.41, 5.74) is 8.98. The average Bonchev–Trinajstić information content (AvgIpc) is 2.38. The molecule has 0 saturated carbocycles. The fourth-order valence-electron chi connectivity index (χ4n) is 1.90. The van der Waals surface area contributed by atoms with Crippen LogP contribution < -0.4 is 11.1 Å². The van der Waals surface area contributed by atoms with E-state index in [9.17, 15) is 9.18 Å². The summed E-state index contributed by atoms with van der Waals surface area (Å²) in [7, 11) is 0.